The molecule has 127 heavy (non-hydrogen) atoms. The fourth-order valence-corrected chi connectivity index (χ4v) is 16.3. The molecular weight excluding hydrogens is 1630 g/mol. The van der Waals surface area contributed by atoms with E-state index in [9.17, 15) is 67.1 Å². The Morgan fingerprint density at radius 3 is 1.17 bits per heavy atom. The number of nitrogens with one attached hydrogen (secondary N) is 14. The summed E-state index contributed by atoms with van der Waals surface area (Å²) in [7, 11) is 0. The number of nitrogens with zero attached hydrogens (tertiary/aromatic N) is 4. The molecule has 36 nitrogen and oxygen atoms in total. The third-order valence-electron chi connectivity index (χ3n) is 22.7. The van der Waals surface area contributed by atoms with Crippen LogP contribution in [0.25, 0.3) is 21.8 Å². The number of carbonyl (C=O) groups excluding carboxylic acids is 14. The van der Waals surface area contributed by atoms with Gasteiger partial charge in [-0.25, -0.2) is 0 Å². The summed E-state index contributed by atoms with van der Waals surface area (Å²) < 4.78 is 0. The zero-order valence-corrected chi connectivity index (χ0v) is 72.2. The normalized spacial score (nSPS) is 22.0. The maximum absolute atomic E-state index is 14.6. The van der Waals surface area contributed by atoms with Crippen molar-refractivity contribution < 1.29 is 67.1 Å². The lowest BCUT2D eigenvalue weighted by molar-refractivity contribution is -0.142. The molecule has 11 rings (SSSR count). The standard InChI is InChI=1S/C47H59N11O7.C44H61N11O7/c1-29(59)53-37(25-30-13-4-2-5-14-30)42(61)55-36-20-11-22-50-41(60)35(19-10-23-51-47(48)49)54-44(63)39(27-32-28-52-34-18-9-8-17-33(32)34)56-43(62)38(26-31-15-6-3-7-16-31)57-45(64)40-21-12-24-58(40)46(36)65;1-26(2)22-34-39(58)53-36(24-29-25-49-31-15-8-7-14-30(29)31)41(60)51-32(16-9-20-48-44(45)46)38(57)47-19-10-17-33(43(62)55-21-11-18-37(55)42(61)54-34)52-40(59)35(50-27(3)56)23-28-12-5-4-6-13-28/h2-9,13-18,28,35-40,52H,10-12,19-27H2,1H3,(H,50,60)(H,53,59)(H,54,63)(H,55,61)(H,56,62)(H,57,64)(H4,48,49,51);4-8,12-15,25-26,32-37,49H,9-11,16-24H2,1-3H3,(H,47,57)(H,50,56)(H,51,60)(H,52,59)(H,53,58)(H,54,61)(H4,45,46,48)/t35-,36?,37-,38+,39-,40-;32-,33?,34+,35-,36-,37-/m00/s1. The molecule has 12 atom stereocenters. The van der Waals surface area contributed by atoms with E-state index in [0.29, 0.717) is 38.5 Å². The number of amides is 14. The Morgan fingerprint density at radius 2 is 0.772 bits per heavy atom. The van der Waals surface area contributed by atoms with Gasteiger partial charge in [0.1, 0.15) is 72.5 Å². The highest BCUT2D eigenvalue weighted by Gasteiger charge is 2.43. The molecule has 2 unspecified atom stereocenters. The molecule has 4 aliphatic heterocycles. The van der Waals surface area contributed by atoms with E-state index in [1.165, 1.54) is 23.6 Å². The Hall–Kier alpha value is -13.7. The van der Waals surface area contributed by atoms with Crippen LogP contribution in [0.3, 0.4) is 0 Å². The summed E-state index contributed by atoms with van der Waals surface area (Å²) in [4.78, 5) is 213. The van der Waals surface area contributed by atoms with Gasteiger partial charge < -0.3 is 107 Å². The summed E-state index contributed by atoms with van der Waals surface area (Å²) in [5.74, 6) is -7.99. The largest absolute Gasteiger partial charge is 0.370 e. The Morgan fingerprint density at radius 1 is 0.417 bits per heavy atom. The summed E-state index contributed by atoms with van der Waals surface area (Å²) in [5, 5.41) is 35.8. The Balaban J connectivity index is 0.000000265. The van der Waals surface area contributed by atoms with Gasteiger partial charge in [-0.3, -0.25) is 77.1 Å². The van der Waals surface area contributed by atoms with Crippen LogP contribution in [0.5, 0.6) is 0 Å². The lowest BCUT2D eigenvalue weighted by atomic mass is 9.99. The number of fused-ring (bicyclic) bond motifs is 4. The molecule has 14 amide bonds. The van der Waals surface area contributed by atoms with E-state index in [1.807, 2.05) is 153 Å². The van der Waals surface area contributed by atoms with Gasteiger partial charge in [-0.2, -0.15) is 0 Å². The van der Waals surface area contributed by atoms with E-state index < -0.39 is 155 Å². The van der Waals surface area contributed by atoms with Crippen molar-refractivity contribution in [1.29, 1.82) is 0 Å². The maximum Gasteiger partial charge on any atom is 0.245 e. The van der Waals surface area contributed by atoms with Gasteiger partial charge in [0.2, 0.25) is 82.7 Å². The van der Waals surface area contributed by atoms with Crippen LogP contribution in [0.2, 0.25) is 0 Å². The van der Waals surface area contributed by atoms with Crippen LogP contribution in [0.1, 0.15) is 139 Å². The fourth-order valence-electron chi connectivity index (χ4n) is 16.3. The van der Waals surface area contributed by atoms with Crippen LogP contribution in [0.4, 0.5) is 0 Å². The highest BCUT2D eigenvalue weighted by Crippen LogP contribution is 2.26. The zero-order valence-electron chi connectivity index (χ0n) is 72.2. The second-order valence-corrected chi connectivity index (χ2v) is 33.0. The number of guanidine groups is 2. The van der Waals surface area contributed by atoms with Crippen molar-refractivity contribution in [3.05, 3.63) is 180 Å². The maximum atomic E-state index is 14.6. The predicted octanol–water partition coefficient (Wildman–Crippen LogP) is 0.992. The molecule has 4 aliphatic rings. The van der Waals surface area contributed by atoms with E-state index in [4.69, 9.17) is 22.9 Å². The van der Waals surface area contributed by atoms with Gasteiger partial charge >= 0.3 is 0 Å². The first-order valence-corrected chi connectivity index (χ1v) is 43.5. The van der Waals surface area contributed by atoms with Crippen LogP contribution in [0.15, 0.2) is 162 Å². The third kappa shape index (κ3) is 28.7. The summed E-state index contributed by atoms with van der Waals surface area (Å²) in [6, 6.07) is 29.4. The summed E-state index contributed by atoms with van der Waals surface area (Å²) in [6.07, 6.45) is 7.34. The molecule has 7 aromatic rings. The predicted molar refractivity (Wildman–Crippen MR) is 478 cm³/mol. The van der Waals surface area contributed by atoms with Gasteiger partial charge in [0.15, 0.2) is 11.9 Å². The van der Waals surface area contributed by atoms with Gasteiger partial charge in [-0.1, -0.05) is 141 Å². The van der Waals surface area contributed by atoms with E-state index in [-0.39, 0.29) is 134 Å². The molecule has 6 heterocycles. The first-order valence-electron chi connectivity index (χ1n) is 43.5. The van der Waals surface area contributed by atoms with Crippen LogP contribution in [-0.2, 0) is 99.2 Å². The van der Waals surface area contributed by atoms with Gasteiger partial charge in [0, 0.05) is 119 Å². The highest BCUT2D eigenvalue weighted by molar-refractivity contribution is 6.01. The first kappa shape index (κ1) is 95.5. The molecule has 2 aromatic heterocycles. The van der Waals surface area contributed by atoms with Crippen LogP contribution in [-0.4, -0.2) is 226 Å². The second kappa shape index (κ2) is 47.4. The topological polar surface area (TPSA) is 550 Å². The lowest BCUT2D eigenvalue weighted by Gasteiger charge is -2.31. The summed E-state index contributed by atoms with van der Waals surface area (Å²) >= 11 is 0. The molecule has 4 saturated heterocycles. The molecule has 0 aliphatic carbocycles. The van der Waals surface area contributed by atoms with Gasteiger partial charge in [0.05, 0.1) is 0 Å². The Kier molecular flexibility index (Phi) is 35.7. The number of rotatable bonds is 26. The van der Waals surface area contributed by atoms with E-state index >= 15 is 0 Å². The molecule has 0 bridgehead atoms. The van der Waals surface area contributed by atoms with E-state index in [1.54, 1.807) is 12.4 Å². The minimum Gasteiger partial charge on any atom is -0.370 e. The fraction of sp³-hybridized carbons (Fsp3) is 0.451. The van der Waals surface area contributed by atoms with Crippen molar-refractivity contribution in [2.24, 2.45) is 38.8 Å². The Labute approximate surface area is 737 Å². The number of benzene rings is 5. The summed E-state index contributed by atoms with van der Waals surface area (Å²) in [6.45, 7) is 7.34. The molecule has 22 N–H and O–H groups in total. The van der Waals surface area contributed by atoms with Gasteiger partial charge in [0.25, 0.3) is 0 Å². The van der Waals surface area contributed by atoms with Crippen molar-refractivity contribution in [2.75, 3.05) is 39.3 Å². The number of nitrogens with two attached hydrogens (primary N) is 4. The number of aromatic amines is 2. The van der Waals surface area contributed by atoms with Crippen LogP contribution in [0, 0.1) is 5.92 Å². The van der Waals surface area contributed by atoms with E-state index in [0.717, 1.165) is 49.6 Å². The number of hydrogen-bond acceptors (Lipinski definition) is 16. The number of hydrogen-bond donors (Lipinski definition) is 18. The van der Waals surface area contributed by atoms with Crippen molar-refractivity contribution in [1.82, 2.24) is 83.6 Å². The highest BCUT2D eigenvalue weighted by atomic mass is 16.2. The smallest absolute Gasteiger partial charge is 0.245 e. The molecule has 0 radical (unpaired) electrons. The van der Waals surface area contributed by atoms with Crippen molar-refractivity contribution >= 4 is 116 Å². The molecule has 0 saturated carbocycles. The van der Waals surface area contributed by atoms with Gasteiger partial charge in [-0.05, 0) is 129 Å². The molecule has 678 valence electrons. The number of carbonyl (C=O) groups is 14. The van der Waals surface area contributed by atoms with E-state index in [2.05, 4.69) is 83.8 Å². The molecule has 4 fully saturated rings. The number of aliphatic imine (C=N–C) groups is 2. The van der Waals surface area contributed by atoms with Crippen LogP contribution < -0.4 is 86.7 Å². The van der Waals surface area contributed by atoms with Gasteiger partial charge in [-0.15, -0.1) is 0 Å². The SMILES string of the molecule is CC(=O)N[C@@H](Cc1ccccc1)C(=O)NC1CCCNC(=O)[C@H](CCCN=C(N)N)NC(=O)[C@H](Cc2c[nH]c3ccccc23)NC(=O)[C@@H](CC(C)C)NC(=O)[C@@H]2CCCN2C1=O.CC(=O)N[C@@H](Cc1ccccc1)C(=O)NC1CCCNC(=O)[C@H](CCCN=C(N)N)NC(=O)[C@H](Cc2c[nH]c3ccccc23)NC(=O)[C@@H](Cc2ccccc2)NC(=O)[C@@H]2CCCN2C1=O. The monoisotopic (exact) mass is 1740 g/mol. The number of aromatic nitrogens is 2. The first-order chi connectivity index (χ1) is 61.0. The van der Waals surface area contributed by atoms with Crippen LogP contribution >= 0.6 is 0 Å². The number of para-hydroxylation sites is 2. The minimum absolute atomic E-state index is 0.0437. The average Bonchev–Trinajstić information content (AvgIpc) is 1.72. The third-order valence-corrected chi connectivity index (χ3v) is 22.7. The van der Waals surface area contributed by atoms with Crippen molar-refractivity contribution in [3.8, 4) is 0 Å². The van der Waals surface area contributed by atoms with Crippen molar-refractivity contribution in [2.45, 2.75) is 216 Å². The average molecular weight is 1750 g/mol. The Bertz CT molecular complexity index is 5040. The number of H-pyrrole nitrogens is 2. The molecule has 36 heteroatoms. The van der Waals surface area contributed by atoms with Crippen molar-refractivity contribution in [3.63, 3.8) is 0 Å². The summed E-state index contributed by atoms with van der Waals surface area (Å²) in [5.41, 5.74) is 27.6. The lowest BCUT2D eigenvalue weighted by Crippen LogP contribution is -2.60. The quantitative estimate of drug-likeness (QED) is 0.0204. The molecule has 0 spiro atoms. The molecular formula is C91H120N22O14. The zero-order chi connectivity index (χ0) is 91.1. The minimum atomic E-state index is -1.19. The second-order valence-electron chi connectivity index (χ2n) is 33.0. The molecule has 5 aromatic carbocycles.